The summed E-state index contributed by atoms with van der Waals surface area (Å²) in [5.74, 6) is 1.61. The molecule has 2 N–H and O–H groups in total. The largest absolute Gasteiger partial charge is 0.299 e. The summed E-state index contributed by atoms with van der Waals surface area (Å²) < 4.78 is 24.6. The van der Waals surface area contributed by atoms with Crippen LogP contribution in [0.5, 0.6) is 0 Å². The summed E-state index contributed by atoms with van der Waals surface area (Å²) in [4.78, 5) is 13.2. The smallest absolute Gasteiger partial charge is 0.238 e. The number of imidazole rings is 1. The lowest BCUT2D eigenvalue weighted by Gasteiger charge is -2.10. The molecule has 1 aromatic carbocycles. The molecule has 0 unspecified atom stereocenters. The fourth-order valence-electron chi connectivity index (χ4n) is 2.27. The maximum Gasteiger partial charge on any atom is 0.238 e. The number of primary sulfonamides is 1. The number of rotatable bonds is 4. The summed E-state index contributed by atoms with van der Waals surface area (Å²) in [5, 5.41) is 5.13. The number of hydrogen-bond acceptors (Lipinski definition) is 5. The maximum atomic E-state index is 11.4. The maximum absolute atomic E-state index is 11.4. The molecule has 0 aliphatic rings. The molecule has 24 heavy (non-hydrogen) atoms. The molecule has 124 valence electrons. The van der Waals surface area contributed by atoms with Crippen LogP contribution in [-0.4, -0.2) is 27.9 Å². The van der Waals surface area contributed by atoms with E-state index in [2.05, 4.69) is 15.0 Å². The van der Waals surface area contributed by atoms with Crippen LogP contribution in [0.3, 0.4) is 0 Å². The molecule has 2 aromatic heterocycles. The summed E-state index contributed by atoms with van der Waals surface area (Å²) >= 11 is 0. The van der Waals surface area contributed by atoms with Crippen molar-refractivity contribution < 1.29 is 8.42 Å². The third-order valence-electron chi connectivity index (χ3n) is 3.50. The van der Waals surface area contributed by atoms with E-state index in [4.69, 9.17) is 5.14 Å². The zero-order chi connectivity index (χ0) is 17.3. The van der Waals surface area contributed by atoms with Gasteiger partial charge in [-0.25, -0.2) is 28.5 Å². The fraction of sp³-hybridized carbons (Fsp3) is 0.188. The van der Waals surface area contributed by atoms with E-state index in [0.717, 1.165) is 11.5 Å². The predicted molar refractivity (Wildman–Crippen MR) is 90.1 cm³/mol. The summed E-state index contributed by atoms with van der Waals surface area (Å²) in [6.45, 7) is 4.05. The van der Waals surface area contributed by atoms with Gasteiger partial charge in [0.05, 0.1) is 4.90 Å². The van der Waals surface area contributed by atoms with Crippen LogP contribution >= 0.6 is 0 Å². The zero-order valence-electron chi connectivity index (χ0n) is 13.3. The lowest BCUT2D eigenvalue weighted by molar-refractivity contribution is 0.598. The van der Waals surface area contributed by atoms with Gasteiger partial charge in [0.2, 0.25) is 10.0 Å². The first-order chi connectivity index (χ1) is 11.4. The molecule has 2 heterocycles. The Kier molecular flexibility index (Phi) is 4.16. The SMILES string of the molecule is CC(C)c1nccc(-c2nccn2-c2ccc(S(N)(=O)=O)cc2)n1. The van der Waals surface area contributed by atoms with E-state index < -0.39 is 10.0 Å². The van der Waals surface area contributed by atoms with Gasteiger partial charge in [0.25, 0.3) is 0 Å². The highest BCUT2D eigenvalue weighted by Gasteiger charge is 2.13. The van der Waals surface area contributed by atoms with Crippen molar-refractivity contribution in [2.75, 3.05) is 0 Å². The van der Waals surface area contributed by atoms with Gasteiger partial charge in [-0.3, -0.25) is 4.57 Å². The minimum absolute atomic E-state index is 0.0667. The first-order valence-electron chi connectivity index (χ1n) is 7.36. The fourth-order valence-corrected chi connectivity index (χ4v) is 2.79. The molecule has 3 rings (SSSR count). The van der Waals surface area contributed by atoms with Crippen LogP contribution in [-0.2, 0) is 10.0 Å². The molecule has 0 radical (unpaired) electrons. The van der Waals surface area contributed by atoms with Gasteiger partial charge in [0.1, 0.15) is 11.5 Å². The van der Waals surface area contributed by atoms with E-state index in [0.29, 0.717) is 11.5 Å². The van der Waals surface area contributed by atoms with Crippen LogP contribution in [0, 0.1) is 0 Å². The Morgan fingerprint density at radius 2 is 1.75 bits per heavy atom. The number of benzene rings is 1. The molecule has 0 aliphatic heterocycles. The second kappa shape index (κ2) is 6.14. The van der Waals surface area contributed by atoms with Crippen LogP contribution in [0.4, 0.5) is 0 Å². The van der Waals surface area contributed by atoms with Crippen LogP contribution in [0.1, 0.15) is 25.6 Å². The highest BCUT2D eigenvalue weighted by molar-refractivity contribution is 7.89. The van der Waals surface area contributed by atoms with Crippen LogP contribution < -0.4 is 5.14 Å². The van der Waals surface area contributed by atoms with Crippen LogP contribution in [0.25, 0.3) is 17.2 Å². The van der Waals surface area contributed by atoms with E-state index in [1.54, 1.807) is 36.8 Å². The Labute approximate surface area is 140 Å². The molecule has 0 saturated carbocycles. The molecule has 7 nitrogen and oxygen atoms in total. The first kappa shape index (κ1) is 16.3. The molecular formula is C16H17N5O2S. The quantitative estimate of drug-likeness (QED) is 0.781. The van der Waals surface area contributed by atoms with Gasteiger partial charge in [0.15, 0.2) is 5.82 Å². The normalized spacial score (nSPS) is 11.8. The van der Waals surface area contributed by atoms with E-state index in [9.17, 15) is 8.42 Å². The monoisotopic (exact) mass is 343 g/mol. The molecule has 0 aliphatic carbocycles. The molecule has 0 spiro atoms. The summed E-state index contributed by atoms with van der Waals surface area (Å²) in [6, 6.07) is 8.08. The van der Waals surface area contributed by atoms with Crippen molar-refractivity contribution in [3.63, 3.8) is 0 Å². The highest BCUT2D eigenvalue weighted by atomic mass is 32.2. The van der Waals surface area contributed by atoms with E-state index in [1.165, 1.54) is 12.1 Å². The lowest BCUT2D eigenvalue weighted by Crippen LogP contribution is -2.12. The summed E-state index contributed by atoms with van der Waals surface area (Å²) in [6.07, 6.45) is 5.17. The minimum Gasteiger partial charge on any atom is -0.299 e. The Balaban J connectivity index is 2.04. The van der Waals surface area contributed by atoms with Gasteiger partial charge in [-0.1, -0.05) is 13.8 Å². The van der Waals surface area contributed by atoms with Crippen molar-refractivity contribution in [3.05, 3.63) is 54.7 Å². The van der Waals surface area contributed by atoms with Gasteiger partial charge in [-0.05, 0) is 30.3 Å². The van der Waals surface area contributed by atoms with Crippen molar-refractivity contribution >= 4 is 10.0 Å². The summed E-state index contributed by atoms with van der Waals surface area (Å²) in [5.41, 5.74) is 1.47. The van der Waals surface area contributed by atoms with E-state index in [1.807, 2.05) is 18.4 Å². The molecule has 8 heteroatoms. The van der Waals surface area contributed by atoms with Gasteiger partial charge in [-0.2, -0.15) is 0 Å². The number of nitrogens with two attached hydrogens (primary N) is 1. The minimum atomic E-state index is -3.71. The summed E-state index contributed by atoms with van der Waals surface area (Å²) in [7, 11) is -3.71. The molecule has 0 fully saturated rings. The number of sulfonamides is 1. The second-order valence-corrected chi connectivity index (χ2v) is 7.18. The Bertz CT molecular complexity index is 962. The zero-order valence-corrected chi connectivity index (χ0v) is 14.1. The van der Waals surface area contributed by atoms with Gasteiger partial charge in [0, 0.05) is 30.2 Å². The van der Waals surface area contributed by atoms with Gasteiger partial charge < -0.3 is 0 Å². The van der Waals surface area contributed by atoms with E-state index >= 15 is 0 Å². The van der Waals surface area contributed by atoms with Crippen molar-refractivity contribution in [1.29, 1.82) is 0 Å². The topological polar surface area (TPSA) is 104 Å². The average Bonchev–Trinajstić information content (AvgIpc) is 3.04. The van der Waals surface area contributed by atoms with E-state index in [-0.39, 0.29) is 10.8 Å². The number of aromatic nitrogens is 4. The highest BCUT2D eigenvalue weighted by Crippen LogP contribution is 2.22. The van der Waals surface area contributed by atoms with Gasteiger partial charge in [-0.15, -0.1) is 0 Å². The van der Waals surface area contributed by atoms with Crippen molar-refractivity contribution in [2.24, 2.45) is 5.14 Å². The van der Waals surface area contributed by atoms with Crippen LogP contribution in [0.15, 0.2) is 53.8 Å². The Hall–Kier alpha value is -2.58. The van der Waals surface area contributed by atoms with Gasteiger partial charge >= 0.3 is 0 Å². The lowest BCUT2D eigenvalue weighted by atomic mass is 10.2. The second-order valence-electron chi connectivity index (χ2n) is 5.61. The Morgan fingerprint density at radius 3 is 2.38 bits per heavy atom. The van der Waals surface area contributed by atoms with Crippen molar-refractivity contribution in [2.45, 2.75) is 24.7 Å². The average molecular weight is 343 g/mol. The molecule has 3 aromatic rings. The molecule has 0 saturated heterocycles. The van der Waals surface area contributed by atoms with Crippen LogP contribution in [0.2, 0.25) is 0 Å². The first-order valence-corrected chi connectivity index (χ1v) is 8.91. The third-order valence-corrected chi connectivity index (χ3v) is 4.43. The molecule has 0 amide bonds. The molecular weight excluding hydrogens is 326 g/mol. The van der Waals surface area contributed by atoms with Crippen molar-refractivity contribution in [1.82, 2.24) is 19.5 Å². The standard InChI is InChI=1S/C16H17N5O2S/c1-11(2)15-18-8-7-14(20-15)16-19-9-10-21(16)12-3-5-13(6-4-12)24(17,22)23/h3-11H,1-2H3,(H2,17,22,23). The number of nitrogens with zero attached hydrogens (tertiary/aromatic N) is 4. The van der Waals surface area contributed by atoms with Crippen molar-refractivity contribution in [3.8, 4) is 17.2 Å². The molecule has 0 atom stereocenters. The number of hydrogen-bond donors (Lipinski definition) is 1. The third kappa shape index (κ3) is 3.19. The molecule has 0 bridgehead atoms. The predicted octanol–water partition coefficient (Wildman–Crippen LogP) is 2.10. The Morgan fingerprint density at radius 1 is 1.04 bits per heavy atom.